The smallest absolute Gasteiger partial charge is 0.276 e. The van der Waals surface area contributed by atoms with Gasteiger partial charge in [-0.25, -0.2) is 4.98 Å². The third-order valence-electron chi connectivity index (χ3n) is 3.29. The summed E-state index contributed by atoms with van der Waals surface area (Å²) < 4.78 is 6.98. The minimum Gasteiger partial charge on any atom is -0.497 e. The van der Waals surface area contributed by atoms with Gasteiger partial charge < -0.3 is 14.5 Å². The third kappa shape index (κ3) is 2.45. The van der Waals surface area contributed by atoms with E-state index in [0.29, 0.717) is 11.4 Å². The van der Waals surface area contributed by atoms with Gasteiger partial charge in [-0.15, -0.1) is 0 Å². The maximum atomic E-state index is 12.4. The molecule has 0 saturated heterocycles. The number of methoxy groups -OCH3 is 1. The molecular formula is C16H15N3O2. The molecule has 0 spiro atoms. The molecule has 0 unspecified atom stereocenters. The Labute approximate surface area is 122 Å². The van der Waals surface area contributed by atoms with Crippen LogP contribution in [0.15, 0.2) is 48.7 Å². The average molecular weight is 281 g/mol. The van der Waals surface area contributed by atoms with Gasteiger partial charge in [0.05, 0.1) is 12.6 Å². The minimum atomic E-state index is -0.225. The fourth-order valence-electron chi connectivity index (χ4n) is 2.22. The van der Waals surface area contributed by atoms with Crippen LogP contribution in [0.4, 0.5) is 5.69 Å². The molecule has 0 atom stereocenters. The van der Waals surface area contributed by atoms with E-state index in [1.165, 1.54) is 0 Å². The predicted octanol–water partition coefficient (Wildman–Crippen LogP) is 2.90. The quantitative estimate of drug-likeness (QED) is 0.803. The van der Waals surface area contributed by atoms with Crippen molar-refractivity contribution in [3.8, 4) is 5.75 Å². The molecule has 21 heavy (non-hydrogen) atoms. The minimum absolute atomic E-state index is 0.225. The van der Waals surface area contributed by atoms with Crippen molar-refractivity contribution in [2.45, 2.75) is 6.92 Å². The normalized spacial score (nSPS) is 10.6. The highest BCUT2D eigenvalue weighted by atomic mass is 16.5. The summed E-state index contributed by atoms with van der Waals surface area (Å²) in [6.45, 7) is 1.87. The van der Waals surface area contributed by atoms with Crippen molar-refractivity contribution in [2.24, 2.45) is 0 Å². The van der Waals surface area contributed by atoms with E-state index < -0.39 is 0 Å². The first-order chi connectivity index (χ1) is 10.2. The van der Waals surface area contributed by atoms with Crippen LogP contribution in [0.5, 0.6) is 5.75 Å². The summed E-state index contributed by atoms with van der Waals surface area (Å²) in [6, 6.07) is 12.9. The topological polar surface area (TPSA) is 55.6 Å². The number of benzene rings is 1. The van der Waals surface area contributed by atoms with E-state index in [1.54, 1.807) is 31.4 Å². The van der Waals surface area contributed by atoms with Gasteiger partial charge in [0.25, 0.3) is 5.91 Å². The molecule has 2 aromatic heterocycles. The second kappa shape index (κ2) is 5.28. The Morgan fingerprint density at radius 1 is 1.19 bits per heavy atom. The molecular weight excluding hydrogens is 266 g/mol. The number of amides is 1. The van der Waals surface area contributed by atoms with Gasteiger partial charge in [-0.05, 0) is 43.3 Å². The molecule has 1 aromatic carbocycles. The second-order valence-electron chi connectivity index (χ2n) is 4.65. The summed E-state index contributed by atoms with van der Waals surface area (Å²) in [4.78, 5) is 16.7. The van der Waals surface area contributed by atoms with Gasteiger partial charge in [0.15, 0.2) is 5.69 Å². The van der Waals surface area contributed by atoms with E-state index in [0.717, 1.165) is 17.1 Å². The largest absolute Gasteiger partial charge is 0.497 e. The lowest BCUT2D eigenvalue weighted by Gasteiger charge is -2.05. The molecule has 106 valence electrons. The average Bonchev–Trinajstić information content (AvgIpc) is 2.86. The molecule has 0 radical (unpaired) electrons. The van der Waals surface area contributed by atoms with Crippen molar-refractivity contribution in [1.29, 1.82) is 0 Å². The summed E-state index contributed by atoms with van der Waals surface area (Å²) >= 11 is 0. The number of rotatable bonds is 3. The second-order valence-corrected chi connectivity index (χ2v) is 4.65. The van der Waals surface area contributed by atoms with Crippen molar-refractivity contribution < 1.29 is 9.53 Å². The monoisotopic (exact) mass is 281 g/mol. The van der Waals surface area contributed by atoms with Crippen LogP contribution in [0.25, 0.3) is 5.52 Å². The molecule has 0 saturated carbocycles. The Hall–Kier alpha value is -2.82. The number of ether oxygens (including phenoxy) is 1. The Balaban J connectivity index is 1.90. The number of hydrogen-bond acceptors (Lipinski definition) is 3. The van der Waals surface area contributed by atoms with Crippen LogP contribution >= 0.6 is 0 Å². The van der Waals surface area contributed by atoms with Gasteiger partial charge in [0.1, 0.15) is 11.6 Å². The predicted molar refractivity (Wildman–Crippen MR) is 80.9 cm³/mol. The van der Waals surface area contributed by atoms with Gasteiger partial charge in [-0.2, -0.15) is 0 Å². The molecule has 3 aromatic rings. The standard InChI is InChI=1S/C16H15N3O2/c1-11-17-15(14-5-3-4-10-19(11)14)16(20)18-12-6-8-13(21-2)9-7-12/h3-10H,1-2H3,(H,18,20). The fraction of sp³-hybridized carbons (Fsp3) is 0.125. The van der Waals surface area contributed by atoms with Gasteiger partial charge in [0, 0.05) is 11.9 Å². The van der Waals surface area contributed by atoms with E-state index in [-0.39, 0.29) is 5.91 Å². The highest BCUT2D eigenvalue weighted by Gasteiger charge is 2.15. The van der Waals surface area contributed by atoms with Crippen LogP contribution in [0.2, 0.25) is 0 Å². The molecule has 0 aliphatic carbocycles. The number of nitrogens with one attached hydrogen (secondary N) is 1. The zero-order valence-corrected chi connectivity index (χ0v) is 11.8. The number of aromatic nitrogens is 2. The lowest BCUT2D eigenvalue weighted by atomic mass is 10.2. The van der Waals surface area contributed by atoms with Crippen LogP contribution in [-0.2, 0) is 0 Å². The molecule has 0 bridgehead atoms. The van der Waals surface area contributed by atoms with Crippen molar-refractivity contribution in [3.63, 3.8) is 0 Å². The van der Waals surface area contributed by atoms with Crippen molar-refractivity contribution in [3.05, 3.63) is 60.2 Å². The number of carbonyl (C=O) groups excluding carboxylic acids is 1. The molecule has 5 heteroatoms. The van der Waals surface area contributed by atoms with E-state index in [2.05, 4.69) is 10.3 Å². The van der Waals surface area contributed by atoms with E-state index in [4.69, 9.17) is 4.74 Å². The first-order valence-corrected chi connectivity index (χ1v) is 6.58. The van der Waals surface area contributed by atoms with Crippen molar-refractivity contribution in [1.82, 2.24) is 9.38 Å². The SMILES string of the molecule is COc1ccc(NC(=O)c2nc(C)n3ccccc23)cc1. The Morgan fingerprint density at radius 2 is 1.95 bits per heavy atom. The van der Waals surface area contributed by atoms with Gasteiger partial charge >= 0.3 is 0 Å². The molecule has 0 aliphatic rings. The maximum Gasteiger partial charge on any atom is 0.276 e. The molecule has 2 heterocycles. The lowest BCUT2D eigenvalue weighted by Crippen LogP contribution is -2.12. The lowest BCUT2D eigenvalue weighted by molar-refractivity contribution is 0.102. The number of nitrogens with zero attached hydrogens (tertiary/aromatic N) is 2. The van der Waals surface area contributed by atoms with Crippen LogP contribution in [0.1, 0.15) is 16.3 Å². The first-order valence-electron chi connectivity index (χ1n) is 6.58. The molecule has 0 aliphatic heterocycles. The number of anilines is 1. The number of hydrogen-bond donors (Lipinski definition) is 1. The zero-order chi connectivity index (χ0) is 14.8. The van der Waals surface area contributed by atoms with Gasteiger partial charge in [0.2, 0.25) is 0 Å². The van der Waals surface area contributed by atoms with Crippen LogP contribution in [0, 0.1) is 6.92 Å². The summed E-state index contributed by atoms with van der Waals surface area (Å²) in [6.07, 6.45) is 1.89. The summed E-state index contributed by atoms with van der Waals surface area (Å²) in [5.74, 6) is 1.30. The molecule has 1 amide bonds. The van der Waals surface area contributed by atoms with Gasteiger partial charge in [-0.3, -0.25) is 4.79 Å². The van der Waals surface area contributed by atoms with E-state index >= 15 is 0 Å². The summed E-state index contributed by atoms with van der Waals surface area (Å²) in [7, 11) is 1.60. The van der Waals surface area contributed by atoms with Crippen LogP contribution in [0.3, 0.4) is 0 Å². The number of fused-ring (bicyclic) bond motifs is 1. The molecule has 3 rings (SSSR count). The van der Waals surface area contributed by atoms with E-state index in [1.807, 2.05) is 35.7 Å². The Morgan fingerprint density at radius 3 is 2.67 bits per heavy atom. The fourth-order valence-corrected chi connectivity index (χ4v) is 2.22. The summed E-state index contributed by atoms with van der Waals surface area (Å²) in [5.41, 5.74) is 1.92. The maximum absolute atomic E-state index is 12.4. The Kier molecular flexibility index (Phi) is 3.31. The van der Waals surface area contributed by atoms with Gasteiger partial charge in [-0.1, -0.05) is 6.07 Å². The number of imidazole rings is 1. The number of carbonyl (C=O) groups is 1. The molecule has 5 nitrogen and oxygen atoms in total. The zero-order valence-electron chi connectivity index (χ0n) is 11.8. The summed E-state index contributed by atoms with van der Waals surface area (Å²) in [5, 5.41) is 2.84. The van der Waals surface area contributed by atoms with Crippen molar-refractivity contribution >= 4 is 17.1 Å². The Bertz CT molecular complexity index is 791. The highest BCUT2D eigenvalue weighted by Crippen LogP contribution is 2.18. The van der Waals surface area contributed by atoms with Crippen LogP contribution in [-0.4, -0.2) is 22.4 Å². The van der Waals surface area contributed by atoms with Crippen LogP contribution < -0.4 is 10.1 Å². The third-order valence-corrected chi connectivity index (χ3v) is 3.29. The first kappa shape index (κ1) is 13.2. The number of pyridine rings is 1. The number of aryl methyl sites for hydroxylation is 1. The van der Waals surface area contributed by atoms with E-state index in [9.17, 15) is 4.79 Å². The highest BCUT2D eigenvalue weighted by molar-refractivity contribution is 6.07. The van der Waals surface area contributed by atoms with Crippen molar-refractivity contribution in [2.75, 3.05) is 12.4 Å². The molecule has 1 N–H and O–H groups in total. The molecule has 0 fully saturated rings.